The molecular weight excluding hydrogens is 550 g/mol. The maximum Gasteiger partial charge on any atom is 0.341 e. The minimum atomic E-state index is -0.468. The molecule has 0 radical (unpaired) electrons. The first-order valence-corrected chi connectivity index (χ1v) is 14.6. The standard InChI is InChI=1S/C25H27N3O7S3/c1-4-35-14-8-9-16-18(10-14)38-25(28(16)11-21(31)33-2)27-20(30)13-36-12-19(29)26-23-22(24(32)34-3)15-6-5-7-17(15)37-23/h8-10H,4-7,11-13H2,1-3H3,(H,26,29). The van der Waals surface area contributed by atoms with Crippen molar-refractivity contribution in [1.82, 2.24) is 4.57 Å². The number of aromatic nitrogens is 1. The normalized spacial score (nSPS) is 12.9. The average molecular weight is 578 g/mol. The quantitative estimate of drug-likeness (QED) is 0.364. The summed E-state index contributed by atoms with van der Waals surface area (Å²) in [6.45, 7) is 2.30. The van der Waals surface area contributed by atoms with E-state index in [1.807, 2.05) is 19.1 Å². The summed E-state index contributed by atoms with van der Waals surface area (Å²) in [5.74, 6) is -1.03. The molecule has 0 fully saturated rings. The number of thioether (sulfide) groups is 1. The maximum absolute atomic E-state index is 12.7. The molecule has 0 spiro atoms. The second-order valence-electron chi connectivity index (χ2n) is 8.21. The summed E-state index contributed by atoms with van der Waals surface area (Å²) in [5, 5.41) is 3.29. The maximum atomic E-state index is 12.7. The number of nitrogens with zero attached hydrogens (tertiary/aromatic N) is 2. The average Bonchev–Trinajstić information content (AvgIpc) is 3.57. The van der Waals surface area contributed by atoms with Gasteiger partial charge in [0.05, 0.1) is 48.1 Å². The van der Waals surface area contributed by atoms with Gasteiger partial charge >= 0.3 is 11.9 Å². The first kappa shape index (κ1) is 27.9. The minimum absolute atomic E-state index is 0.0106. The third kappa shape index (κ3) is 6.27. The second kappa shape index (κ2) is 12.6. The number of rotatable bonds is 10. The zero-order valence-corrected chi connectivity index (χ0v) is 23.6. The molecule has 0 unspecified atom stereocenters. The van der Waals surface area contributed by atoms with E-state index in [1.54, 1.807) is 10.6 Å². The Kier molecular flexibility index (Phi) is 9.23. The lowest BCUT2D eigenvalue weighted by atomic mass is 10.1. The lowest BCUT2D eigenvalue weighted by Gasteiger charge is -2.06. The van der Waals surface area contributed by atoms with E-state index < -0.39 is 17.8 Å². The SMILES string of the molecule is CCOc1ccc2c(c1)sc(=NC(=O)CSCC(=O)Nc1sc3c(c1C(=O)OC)CCC3)n2CC(=O)OC. The van der Waals surface area contributed by atoms with Crippen LogP contribution in [0, 0.1) is 0 Å². The monoisotopic (exact) mass is 577 g/mol. The molecule has 13 heteroatoms. The van der Waals surface area contributed by atoms with Gasteiger partial charge < -0.3 is 24.1 Å². The van der Waals surface area contributed by atoms with Crippen LogP contribution in [0.3, 0.4) is 0 Å². The van der Waals surface area contributed by atoms with Crippen LogP contribution in [0.4, 0.5) is 5.00 Å². The predicted molar refractivity (Wildman–Crippen MR) is 147 cm³/mol. The van der Waals surface area contributed by atoms with Gasteiger partial charge in [0.1, 0.15) is 17.3 Å². The number of carbonyl (C=O) groups is 4. The molecule has 0 aliphatic heterocycles. The zero-order chi connectivity index (χ0) is 27.2. The highest BCUT2D eigenvalue weighted by atomic mass is 32.2. The van der Waals surface area contributed by atoms with Crippen LogP contribution in [-0.4, -0.2) is 60.7 Å². The molecule has 1 aliphatic rings. The van der Waals surface area contributed by atoms with Crippen molar-refractivity contribution in [1.29, 1.82) is 0 Å². The van der Waals surface area contributed by atoms with Crippen LogP contribution in [0.5, 0.6) is 5.75 Å². The van der Waals surface area contributed by atoms with E-state index >= 15 is 0 Å². The summed E-state index contributed by atoms with van der Waals surface area (Å²) in [5.41, 5.74) is 2.12. The zero-order valence-electron chi connectivity index (χ0n) is 21.2. The van der Waals surface area contributed by atoms with Gasteiger partial charge in [-0.3, -0.25) is 14.4 Å². The highest BCUT2D eigenvalue weighted by Crippen LogP contribution is 2.39. The number of hydrogen-bond acceptors (Lipinski definition) is 10. The highest BCUT2D eigenvalue weighted by Gasteiger charge is 2.28. The first-order chi connectivity index (χ1) is 18.3. The molecule has 0 saturated heterocycles. The summed E-state index contributed by atoms with van der Waals surface area (Å²) in [4.78, 5) is 55.1. The number of nitrogens with one attached hydrogen (secondary N) is 1. The number of anilines is 1. The molecule has 2 amide bonds. The van der Waals surface area contributed by atoms with Crippen molar-refractivity contribution >= 4 is 73.4 Å². The van der Waals surface area contributed by atoms with E-state index in [0.717, 1.165) is 51.7 Å². The van der Waals surface area contributed by atoms with Crippen molar-refractivity contribution in [2.75, 3.05) is 37.6 Å². The van der Waals surface area contributed by atoms with Crippen LogP contribution in [-0.2, 0) is 43.2 Å². The number of thiophene rings is 1. The van der Waals surface area contributed by atoms with E-state index in [4.69, 9.17) is 14.2 Å². The van der Waals surface area contributed by atoms with Crippen LogP contribution in [0.1, 0.15) is 34.1 Å². The third-order valence-electron chi connectivity index (χ3n) is 5.72. The topological polar surface area (TPSA) is 125 Å². The Hall–Kier alpha value is -3.16. The van der Waals surface area contributed by atoms with Crippen LogP contribution < -0.4 is 14.9 Å². The number of ether oxygens (including phenoxy) is 3. The fraction of sp³-hybridized carbons (Fsp3) is 0.400. The lowest BCUT2D eigenvalue weighted by molar-refractivity contribution is -0.141. The molecule has 4 rings (SSSR count). The Morgan fingerprint density at radius 1 is 1.11 bits per heavy atom. The lowest BCUT2D eigenvalue weighted by Crippen LogP contribution is -2.23. The Morgan fingerprint density at radius 2 is 1.92 bits per heavy atom. The molecule has 0 saturated carbocycles. The molecule has 2 heterocycles. The molecule has 202 valence electrons. The summed E-state index contributed by atoms with van der Waals surface area (Å²) < 4.78 is 17.7. The smallest absolute Gasteiger partial charge is 0.341 e. The van der Waals surface area contributed by atoms with Gasteiger partial charge in [-0.05, 0) is 49.9 Å². The molecular formula is C25H27N3O7S3. The Bertz CT molecular complexity index is 1450. The van der Waals surface area contributed by atoms with Gasteiger partial charge in [0.15, 0.2) is 4.80 Å². The van der Waals surface area contributed by atoms with E-state index in [-0.39, 0.29) is 24.0 Å². The summed E-state index contributed by atoms with van der Waals surface area (Å²) in [6.07, 6.45) is 2.65. The van der Waals surface area contributed by atoms with Crippen molar-refractivity contribution in [2.45, 2.75) is 32.7 Å². The third-order valence-corrected chi connectivity index (χ3v) is 8.89. The fourth-order valence-electron chi connectivity index (χ4n) is 4.08. The number of esters is 2. The van der Waals surface area contributed by atoms with E-state index in [9.17, 15) is 19.2 Å². The van der Waals surface area contributed by atoms with Gasteiger partial charge in [-0.15, -0.1) is 23.1 Å². The van der Waals surface area contributed by atoms with Crippen molar-refractivity contribution in [3.8, 4) is 5.75 Å². The largest absolute Gasteiger partial charge is 0.494 e. The van der Waals surface area contributed by atoms with Crippen LogP contribution in [0.25, 0.3) is 10.2 Å². The second-order valence-corrected chi connectivity index (χ2v) is 11.3. The van der Waals surface area contributed by atoms with Crippen molar-refractivity contribution in [3.63, 3.8) is 0 Å². The predicted octanol–water partition coefficient (Wildman–Crippen LogP) is 3.41. The fourth-order valence-corrected chi connectivity index (χ4v) is 7.05. The van der Waals surface area contributed by atoms with Gasteiger partial charge in [0.2, 0.25) is 5.91 Å². The number of aryl methyl sites for hydroxylation is 1. The Labute approximate surface area is 231 Å². The number of fused-ring (bicyclic) bond motifs is 2. The molecule has 0 atom stereocenters. The van der Waals surface area contributed by atoms with E-state index in [0.29, 0.717) is 27.7 Å². The Balaban J connectivity index is 1.43. The first-order valence-electron chi connectivity index (χ1n) is 11.9. The molecule has 1 aliphatic carbocycles. The molecule has 0 bridgehead atoms. The highest BCUT2D eigenvalue weighted by molar-refractivity contribution is 8.00. The van der Waals surface area contributed by atoms with Crippen molar-refractivity contribution < 1.29 is 33.4 Å². The molecule has 2 aromatic heterocycles. The number of hydrogen-bond donors (Lipinski definition) is 1. The molecule has 10 nitrogen and oxygen atoms in total. The van der Waals surface area contributed by atoms with Crippen molar-refractivity contribution in [3.05, 3.63) is 39.0 Å². The van der Waals surface area contributed by atoms with Crippen molar-refractivity contribution in [2.24, 2.45) is 4.99 Å². The number of benzene rings is 1. The number of carbonyl (C=O) groups excluding carboxylic acids is 4. The van der Waals surface area contributed by atoms with Gasteiger partial charge in [-0.2, -0.15) is 4.99 Å². The Morgan fingerprint density at radius 3 is 2.66 bits per heavy atom. The van der Waals surface area contributed by atoms with Crippen LogP contribution in [0.15, 0.2) is 23.2 Å². The number of thiazole rings is 1. The van der Waals surface area contributed by atoms with Gasteiger partial charge in [0.25, 0.3) is 5.91 Å². The number of methoxy groups -OCH3 is 2. The summed E-state index contributed by atoms with van der Waals surface area (Å²) in [6, 6.07) is 5.44. The van der Waals surface area contributed by atoms with Crippen LogP contribution in [0.2, 0.25) is 0 Å². The van der Waals surface area contributed by atoms with Gasteiger partial charge in [-0.25, -0.2) is 4.79 Å². The van der Waals surface area contributed by atoms with E-state index in [1.165, 1.54) is 36.9 Å². The van der Waals surface area contributed by atoms with Gasteiger partial charge in [-0.1, -0.05) is 11.3 Å². The van der Waals surface area contributed by atoms with Crippen LogP contribution >= 0.6 is 34.4 Å². The molecule has 3 aromatic rings. The van der Waals surface area contributed by atoms with E-state index in [2.05, 4.69) is 10.3 Å². The summed E-state index contributed by atoms with van der Waals surface area (Å²) in [7, 11) is 2.62. The molecule has 38 heavy (non-hydrogen) atoms. The molecule has 1 aromatic carbocycles. The number of amides is 2. The van der Waals surface area contributed by atoms with Gasteiger partial charge in [0, 0.05) is 4.88 Å². The molecule has 1 N–H and O–H groups in total. The summed E-state index contributed by atoms with van der Waals surface area (Å²) >= 11 is 3.78. The minimum Gasteiger partial charge on any atom is -0.494 e.